The van der Waals surface area contributed by atoms with Crippen LogP contribution in [0.15, 0.2) is 11.6 Å². The van der Waals surface area contributed by atoms with Crippen molar-refractivity contribution in [3.05, 3.63) is 11.6 Å². The van der Waals surface area contributed by atoms with E-state index < -0.39 is 5.92 Å². The molecule has 0 aromatic carbocycles. The number of allylic oxidation sites excluding steroid dienone is 1. The van der Waals surface area contributed by atoms with Crippen LogP contribution in [-0.2, 0) is 5.11 Å². The summed E-state index contributed by atoms with van der Waals surface area (Å²) in [5, 5.41) is 10.6. The van der Waals surface area contributed by atoms with E-state index in [0.29, 0.717) is 19.3 Å². The topological polar surface area (TPSA) is 19.9 Å². The lowest BCUT2D eigenvalue weighted by atomic mass is 9.72. The second-order valence-corrected chi connectivity index (χ2v) is 6.03. The van der Waals surface area contributed by atoms with Crippen LogP contribution in [0.25, 0.3) is 0 Å². The molecule has 99 valence electrons. The minimum Gasteiger partial charge on any atom is -0.236 e. The quantitative estimate of drug-likeness (QED) is 0.647. The van der Waals surface area contributed by atoms with Crippen LogP contribution >= 0.6 is 0 Å². The Morgan fingerprint density at radius 3 is 2.24 bits per heavy atom. The molecule has 0 heterocycles. The normalized spacial score (nSPS) is 22.8. The van der Waals surface area contributed by atoms with Crippen molar-refractivity contribution in [2.45, 2.75) is 58.8 Å². The second-order valence-electron chi connectivity index (χ2n) is 6.03. The standard InChI is InChI=1S/C14H23F2O/c1-13(2,3)12(5-4-10-17)11-6-8-14(15,16)9-7-11/h5,11H,4,6-10H2,1-3H3. The lowest BCUT2D eigenvalue weighted by Gasteiger charge is -2.35. The molecule has 1 fully saturated rings. The fourth-order valence-corrected chi connectivity index (χ4v) is 2.65. The Morgan fingerprint density at radius 1 is 1.29 bits per heavy atom. The van der Waals surface area contributed by atoms with Gasteiger partial charge in [0.05, 0.1) is 6.61 Å². The third-order valence-electron chi connectivity index (χ3n) is 3.51. The minimum atomic E-state index is -2.47. The Bertz CT molecular complexity index is 266. The predicted molar refractivity (Wildman–Crippen MR) is 64.6 cm³/mol. The summed E-state index contributed by atoms with van der Waals surface area (Å²) in [7, 11) is 0. The van der Waals surface area contributed by atoms with Gasteiger partial charge in [0.2, 0.25) is 5.92 Å². The summed E-state index contributed by atoms with van der Waals surface area (Å²) in [5.41, 5.74) is 1.18. The van der Waals surface area contributed by atoms with Gasteiger partial charge in [0.15, 0.2) is 0 Å². The summed E-state index contributed by atoms with van der Waals surface area (Å²) >= 11 is 0. The van der Waals surface area contributed by atoms with Gasteiger partial charge < -0.3 is 0 Å². The van der Waals surface area contributed by atoms with Crippen LogP contribution in [0.5, 0.6) is 0 Å². The van der Waals surface area contributed by atoms with E-state index in [1.54, 1.807) is 0 Å². The van der Waals surface area contributed by atoms with E-state index >= 15 is 0 Å². The van der Waals surface area contributed by atoms with E-state index in [2.05, 4.69) is 20.8 Å². The molecule has 0 saturated heterocycles. The van der Waals surface area contributed by atoms with Crippen LogP contribution in [0.3, 0.4) is 0 Å². The van der Waals surface area contributed by atoms with Crippen LogP contribution in [-0.4, -0.2) is 12.5 Å². The van der Waals surface area contributed by atoms with Crippen molar-refractivity contribution in [3.8, 4) is 0 Å². The van der Waals surface area contributed by atoms with E-state index in [0.717, 1.165) is 0 Å². The minimum absolute atomic E-state index is 0.0114. The van der Waals surface area contributed by atoms with Gasteiger partial charge in [-0.15, -0.1) is 0 Å². The maximum Gasteiger partial charge on any atom is 0.248 e. The third-order valence-corrected chi connectivity index (χ3v) is 3.51. The van der Waals surface area contributed by atoms with Crippen molar-refractivity contribution in [1.29, 1.82) is 0 Å². The molecule has 0 N–H and O–H groups in total. The average Bonchev–Trinajstić information content (AvgIpc) is 2.19. The van der Waals surface area contributed by atoms with E-state index in [4.69, 9.17) is 0 Å². The van der Waals surface area contributed by atoms with Gasteiger partial charge in [-0.3, -0.25) is 0 Å². The highest BCUT2D eigenvalue weighted by Gasteiger charge is 2.37. The Morgan fingerprint density at radius 2 is 1.82 bits per heavy atom. The highest BCUT2D eigenvalue weighted by Crippen LogP contribution is 2.44. The van der Waals surface area contributed by atoms with Gasteiger partial charge in [-0.05, 0) is 30.6 Å². The molecule has 0 unspecified atom stereocenters. The Hall–Kier alpha value is -0.440. The molecule has 0 aromatic rings. The number of hydrogen-bond donors (Lipinski definition) is 0. The molecule has 0 aromatic heterocycles. The molecule has 0 atom stereocenters. The van der Waals surface area contributed by atoms with Crippen molar-refractivity contribution in [2.75, 3.05) is 6.61 Å². The molecule has 1 aliphatic carbocycles. The van der Waals surface area contributed by atoms with Crippen molar-refractivity contribution in [1.82, 2.24) is 0 Å². The first kappa shape index (κ1) is 14.6. The monoisotopic (exact) mass is 245 g/mol. The van der Waals surface area contributed by atoms with E-state index in [1.807, 2.05) is 6.08 Å². The van der Waals surface area contributed by atoms with Crippen molar-refractivity contribution in [3.63, 3.8) is 0 Å². The maximum absolute atomic E-state index is 13.1. The van der Waals surface area contributed by atoms with Gasteiger partial charge in [-0.25, -0.2) is 13.9 Å². The largest absolute Gasteiger partial charge is 0.248 e. The molecule has 1 nitrogen and oxygen atoms in total. The zero-order valence-corrected chi connectivity index (χ0v) is 11.1. The fourth-order valence-electron chi connectivity index (χ4n) is 2.65. The molecular formula is C14H23F2O. The molecule has 1 saturated carbocycles. The lowest BCUT2D eigenvalue weighted by Crippen LogP contribution is -2.28. The zero-order chi connectivity index (χ0) is 13.1. The number of halogens is 2. The third kappa shape index (κ3) is 4.38. The number of alkyl halides is 2. The van der Waals surface area contributed by atoms with E-state index in [1.165, 1.54) is 5.57 Å². The van der Waals surface area contributed by atoms with Crippen LogP contribution in [0.2, 0.25) is 0 Å². The summed E-state index contributed by atoms with van der Waals surface area (Å²) < 4.78 is 26.2. The first-order valence-corrected chi connectivity index (χ1v) is 6.43. The highest BCUT2D eigenvalue weighted by molar-refractivity contribution is 5.16. The first-order valence-electron chi connectivity index (χ1n) is 6.43. The number of hydrogen-bond acceptors (Lipinski definition) is 0. The number of rotatable bonds is 3. The summed E-state index contributed by atoms with van der Waals surface area (Å²) in [4.78, 5) is 0. The predicted octanol–water partition coefficient (Wildman–Crippen LogP) is 4.61. The molecule has 3 heteroatoms. The van der Waals surface area contributed by atoms with Crippen molar-refractivity contribution >= 4 is 0 Å². The van der Waals surface area contributed by atoms with Gasteiger partial charge in [0, 0.05) is 12.8 Å². The van der Waals surface area contributed by atoms with Crippen LogP contribution < -0.4 is 0 Å². The van der Waals surface area contributed by atoms with Crippen LogP contribution in [0, 0.1) is 11.3 Å². The molecule has 0 bridgehead atoms. The Labute approximate surface area is 103 Å². The maximum atomic E-state index is 13.1. The van der Waals surface area contributed by atoms with E-state index in [9.17, 15) is 13.9 Å². The van der Waals surface area contributed by atoms with Crippen LogP contribution in [0.1, 0.15) is 52.9 Å². The first-order chi connectivity index (χ1) is 7.76. The lowest BCUT2D eigenvalue weighted by molar-refractivity contribution is -0.0435. The SMILES string of the molecule is CC(C)(C)C(=CCC[O])C1CCC(F)(F)CC1. The molecule has 0 aliphatic heterocycles. The summed E-state index contributed by atoms with van der Waals surface area (Å²) in [6, 6.07) is 0. The smallest absolute Gasteiger partial charge is 0.236 e. The molecule has 1 rings (SSSR count). The van der Waals surface area contributed by atoms with Crippen LogP contribution in [0.4, 0.5) is 8.78 Å². The fraction of sp³-hybridized carbons (Fsp3) is 0.857. The van der Waals surface area contributed by atoms with Crippen molar-refractivity contribution in [2.24, 2.45) is 11.3 Å². The molecule has 0 amide bonds. The van der Waals surface area contributed by atoms with E-state index in [-0.39, 0.29) is 30.8 Å². The van der Waals surface area contributed by atoms with Gasteiger partial charge in [-0.1, -0.05) is 32.4 Å². The summed E-state index contributed by atoms with van der Waals surface area (Å²) in [5.74, 6) is -2.24. The van der Waals surface area contributed by atoms with Gasteiger partial charge in [-0.2, -0.15) is 0 Å². The average molecular weight is 245 g/mol. The Kier molecular flexibility index (Phi) is 4.70. The van der Waals surface area contributed by atoms with Gasteiger partial charge in [0.25, 0.3) is 0 Å². The summed E-state index contributed by atoms with van der Waals surface area (Å²) in [6.07, 6.45) is 3.58. The molecular weight excluding hydrogens is 222 g/mol. The summed E-state index contributed by atoms with van der Waals surface area (Å²) in [6.45, 7) is 6.16. The second kappa shape index (κ2) is 5.47. The molecule has 1 radical (unpaired) electrons. The highest BCUT2D eigenvalue weighted by atomic mass is 19.3. The van der Waals surface area contributed by atoms with Gasteiger partial charge in [0.1, 0.15) is 0 Å². The zero-order valence-electron chi connectivity index (χ0n) is 11.1. The molecule has 0 spiro atoms. The Balaban J connectivity index is 2.73. The van der Waals surface area contributed by atoms with Crippen molar-refractivity contribution < 1.29 is 13.9 Å². The molecule has 1 aliphatic rings. The molecule has 17 heavy (non-hydrogen) atoms. The van der Waals surface area contributed by atoms with Gasteiger partial charge >= 0.3 is 0 Å².